The van der Waals surface area contributed by atoms with Crippen molar-refractivity contribution in [1.82, 2.24) is 0 Å². The van der Waals surface area contributed by atoms with Gasteiger partial charge in [-0.3, -0.25) is 0 Å². The van der Waals surface area contributed by atoms with Gasteiger partial charge in [-0.05, 0) is 24.1 Å². The maximum Gasteiger partial charge on any atom is 0.417 e. The van der Waals surface area contributed by atoms with E-state index < -0.39 is 46.9 Å². The molecule has 1 unspecified atom stereocenters. The maximum atomic E-state index is 12.7. The molecule has 1 atom stereocenters. The summed E-state index contributed by atoms with van der Waals surface area (Å²) in [6.45, 7) is 1.25. The van der Waals surface area contributed by atoms with E-state index in [0.29, 0.717) is 0 Å². The van der Waals surface area contributed by atoms with Crippen LogP contribution in [0, 0.1) is 0 Å². The smallest absolute Gasteiger partial charge is 0.388 e. The number of aliphatic hydroxyl groups is 1. The first-order valence-electron chi connectivity index (χ1n) is 5.77. The van der Waals surface area contributed by atoms with E-state index in [4.69, 9.17) is 0 Å². The second kappa shape index (κ2) is 5.64. The summed E-state index contributed by atoms with van der Waals surface area (Å²) in [6.07, 6.45) is -19.2. The van der Waals surface area contributed by atoms with Gasteiger partial charge in [0.2, 0.25) is 0 Å². The summed E-state index contributed by atoms with van der Waals surface area (Å²) in [7, 11) is 0. The van der Waals surface area contributed by atoms with E-state index in [-0.39, 0.29) is 18.6 Å². The van der Waals surface area contributed by atoms with Gasteiger partial charge in [0.1, 0.15) is 0 Å². The van der Waals surface area contributed by atoms with E-state index >= 15 is 0 Å². The third kappa shape index (κ3) is 3.84. The predicted molar refractivity (Wildman–Crippen MR) is 56.7 cm³/mol. The molecule has 22 heavy (non-hydrogen) atoms. The Kier molecular flexibility index (Phi) is 4.76. The Morgan fingerprint density at radius 3 is 1.41 bits per heavy atom. The molecule has 0 fully saturated rings. The van der Waals surface area contributed by atoms with Crippen molar-refractivity contribution in [3.63, 3.8) is 0 Å². The molecule has 10 heteroatoms. The molecule has 0 saturated heterocycles. The Labute approximate surface area is 118 Å². The van der Waals surface area contributed by atoms with Crippen LogP contribution in [0.15, 0.2) is 12.1 Å². The van der Waals surface area contributed by atoms with Crippen molar-refractivity contribution in [2.75, 3.05) is 0 Å². The number of hydrogen-bond acceptors (Lipinski definition) is 1. The summed E-state index contributed by atoms with van der Waals surface area (Å²) in [5.41, 5.74) is -8.63. The highest BCUT2D eigenvalue weighted by molar-refractivity contribution is 5.45. The first kappa shape index (κ1) is 18.6. The molecule has 1 rings (SSSR count). The standard InChI is InChI=1S/C12H9F9O/c1-2-8(22)5-3-6(10(13,14)15)9(12(19,20)21)7(4-5)11(16,17)18/h3-4,8,22H,2H2,1H3. The number of aliphatic hydroxyl groups excluding tert-OH is 1. The maximum absolute atomic E-state index is 12.7. The molecular formula is C12H9F9O. The minimum Gasteiger partial charge on any atom is -0.388 e. The van der Waals surface area contributed by atoms with Gasteiger partial charge in [-0.25, -0.2) is 0 Å². The second-order valence-corrected chi connectivity index (χ2v) is 4.41. The lowest BCUT2D eigenvalue weighted by Gasteiger charge is -2.23. The molecule has 0 aliphatic carbocycles. The first-order chi connectivity index (χ1) is 9.69. The Morgan fingerprint density at radius 1 is 0.818 bits per heavy atom. The topological polar surface area (TPSA) is 20.2 Å². The Balaban J connectivity index is 3.87. The minimum absolute atomic E-state index is 0.105. The van der Waals surface area contributed by atoms with Gasteiger partial charge in [0.25, 0.3) is 0 Å². The van der Waals surface area contributed by atoms with Gasteiger partial charge in [0.15, 0.2) is 0 Å². The van der Waals surface area contributed by atoms with Crippen molar-refractivity contribution >= 4 is 0 Å². The average Bonchev–Trinajstić information content (AvgIpc) is 2.33. The monoisotopic (exact) mass is 340 g/mol. The summed E-state index contributed by atoms with van der Waals surface area (Å²) in [5, 5.41) is 9.39. The molecule has 1 nitrogen and oxygen atoms in total. The van der Waals surface area contributed by atoms with Crippen molar-refractivity contribution in [3.05, 3.63) is 34.4 Å². The lowest BCUT2D eigenvalue weighted by Crippen LogP contribution is -2.24. The van der Waals surface area contributed by atoms with Crippen LogP contribution in [-0.2, 0) is 18.5 Å². The molecule has 126 valence electrons. The fourth-order valence-corrected chi connectivity index (χ4v) is 1.85. The number of rotatable bonds is 2. The lowest BCUT2D eigenvalue weighted by molar-refractivity contribution is -0.174. The van der Waals surface area contributed by atoms with Crippen LogP contribution in [0.2, 0.25) is 0 Å². The van der Waals surface area contributed by atoms with E-state index in [9.17, 15) is 44.6 Å². The van der Waals surface area contributed by atoms with Crippen LogP contribution in [0.5, 0.6) is 0 Å². The highest BCUT2D eigenvalue weighted by Gasteiger charge is 2.50. The Hall–Kier alpha value is -1.45. The fraction of sp³-hybridized carbons (Fsp3) is 0.500. The number of benzene rings is 1. The van der Waals surface area contributed by atoms with Crippen molar-refractivity contribution in [1.29, 1.82) is 0 Å². The zero-order valence-corrected chi connectivity index (χ0v) is 10.8. The molecule has 0 aliphatic heterocycles. The third-order valence-corrected chi connectivity index (χ3v) is 2.83. The van der Waals surface area contributed by atoms with Gasteiger partial charge in [-0.15, -0.1) is 0 Å². The summed E-state index contributed by atoms with van der Waals surface area (Å²) >= 11 is 0. The van der Waals surface area contributed by atoms with Crippen LogP contribution < -0.4 is 0 Å². The van der Waals surface area contributed by atoms with Gasteiger partial charge < -0.3 is 5.11 Å². The zero-order valence-electron chi connectivity index (χ0n) is 10.8. The molecule has 0 aliphatic rings. The normalized spacial score (nSPS) is 15.0. The van der Waals surface area contributed by atoms with E-state index in [1.54, 1.807) is 0 Å². The highest BCUT2D eigenvalue weighted by Crippen LogP contribution is 2.47. The largest absolute Gasteiger partial charge is 0.417 e. The molecule has 0 heterocycles. The van der Waals surface area contributed by atoms with Gasteiger partial charge >= 0.3 is 18.5 Å². The first-order valence-corrected chi connectivity index (χ1v) is 5.77. The SMILES string of the molecule is CCC(O)c1cc(C(F)(F)F)c(C(F)(F)F)c(C(F)(F)F)c1. The lowest BCUT2D eigenvalue weighted by atomic mass is 9.93. The molecule has 0 aromatic heterocycles. The van der Waals surface area contributed by atoms with Crippen molar-refractivity contribution < 1.29 is 44.6 Å². The van der Waals surface area contributed by atoms with Crippen molar-refractivity contribution in [2.45, 2.75) is 38.0 Å². The summed E-state index contributed by atoms with van der Waals surface area (Å²) in [6, 6.07) is -0.210. The molecule has 1 N–H and O–H groups in total. The summed E-state index contributed by atoms with van der Waals surface area (Å²) in [4.78, 5) is 0. The van der Waals surface area contributed by atoms with E-state index in [2.05, 4.69) is 0 Å². The molecule has 0 saturated carbocycles. The highest BCUT2D eigenvalue weighted by atomic mass is 19.4. The Bertz CT molecular complexity index is 504. The van der Waals surface area contributed by atoms with Crippen LogP contribution in [0.25, 0.3) is 0 Å². The number of halogens is 9. The third-order valence-electron chi connectivity index (χ3n) is 2.83. The molecule has 0 amide bonds. The quantitative estimate of drug-likeness (QED) is 0.735. The fourth-order valence-electron chi connectivity index (χ4n) is 1.85. The van der Waals surface area contributed by atoms with Gasteiger partial charge in [-0.1, -0.05) is 6.92 Å². The van der Waals surface area contributed by atoms with E-state index in [1.807, 2.05) is 0 Å². The predicted octanol–water partition coefficient (Wildman–Crippen LogP) is 5.19. The van der Waals surface area contributed by atoms with E-state index in [1.165, 1.54) is 6.92 Å². The summed E-state index contributed by atoms with van der Waals surface area (Å²) in [5.74, 6) is 0. The van der Waals surface area contributed by atoms with Gasteiger partial charge in [0, 0.05) is 0 Å². The average molecular weight is 340 g/mol. The van der Waals surface area contributed by atoms with Crippen LogP contribution in [-0.4, -0.2) is 5.11 Å². The van der Waals surface area contributed by atoms with Crippen LogP contribution in [0.3, 0.4) is 0 Å². The van der Waals surface area contributed by atoms with Crippen LogP contribution in [0.4, 0.5) is 39.5 Å². The number of alkyl halides is 9. The van der Waals surface area contributed by atoms with Crippen molar-refractivity contribution in [3.8, 4) is 0 Å². The number of hydrogen-bond donors (Lipinski definition) is 1. The zero-order chi connectivity index (χ0) is 17.5. The molecule has 1 aromatic carbocycles. The Morgan fingerprint density at radius 2 is 1.18 bits per heavy atom. The molecular weight excluding hydrogens is 331 g/mol. The molecule has 0 radical (unpaired) electrons. The second-order valence-electron chi connectivity index (χ2n) is 4.41. The molecule has 0 bridgehead atoms. The molecule has 1 aromatic rings. The van der Waals surface area contributed by atoms with Crippen molar-refractivity contribution in [2.24, 2.45) is 0 Å². The van der Waals surface area contributed by atoms with Gasteiger partial charge in [-0.2, -0.15) is 39.5 Å². The van der Waals surface area contributed by atoms with Crippen LogP contribution >= 0.6 is 0 Å². The minimum atomic E-state index is -5.86. The summed E-state index contributed by atoms with van der Waals surface area (Å²) < 4.78 is 115. The van der Waals surface area contributed by atoms with Gasteiger partial charge in [0.05, 0.1) is 22.8 Å². The molecule has 0 spiro atoms. The van der Waals surface area contributed by atoms with Crippen LogP contribution in [0.1, 0.15) is 41.7 Å². The van der Waals surface area contributed by atoms with E-state index in [0.717, 1.165) is 0 Å².